The first-order valence-electron chi connectivity index (χ1n) is 9.94. The maximum absolute atomic E-state index is 13.0. The molecule has 0 unspecified atom stereocenters. The minimum atomic E-state index is -0.577. The molecule has 1 fully saturated rings. The van der Waals surface area contributed by atoms with Crippen LogP contribution < -0.4 is 10.1 Å². The Labute approximate surface area is 180 Å². The lowest BCUT2D eigenvalue weighted by Crippen LogP contribution is -2.51. The van der Waals surface area contributed by atoms with E-state index in [0.717, 1.165) is 0 Å². The molecule has 0 radical (unpaired) electrons. The van der Waals surface area contributed by atoms with Gasteiger partial charge in [0.05, 0.1) is 13.4 Å². The SMILES string of the molecule is COc1ccc(NC(=O)c2nc[nH]c2C(=O)N2CCN(C(=O)OC(C)(C)C)CC2)cc1. The molecule has 3 rings (SSSR count). The quantitative estimate of drug-likeness (QED) is 0.771. The summed E-state index contributed by atoms with van der Waals surface area (Å²) >= 11 is 0. The monoisotopic (exact) mass is 429 g/mol. The molecule has 10 heteroatoms. The van der Waals surface area contributed by atoms with Crippen LogP contribution in [0, 0.1) is 0 Å². The number of hydrogen-bond acceptors (Lipinski definition) is 6. The molecular weight excluding hydrogens is 402 g/mol. The van der Waals surface area contributed by atoms with Crippen molar-refractivity contribution in [3.05, 3.63) is 42.0 Å². The first-order valence-corrected chi connectivity index (χ1v) is 9.94. The largest absolute Gasteiger partial charge is 0.497 e. The summed E-state index contributed by atoms with van der Waals surface area (Å²) in [6.45, 7) is 6.78. The Morgan fingerprint density at radius 3 is 2.23 bits per heavy atom. The molecule has 2 aromatic rings. The third kappa shape index (κ3) is 5.53. The number of carbonyl (C=O) groups excluding carboxylic acids is 3. The summed E-state index contributed by atoms with van der Waals surface area (Å²) in [4.78, 5) is 47.7. The number of methoxy groups -OCH3 is 1. The summed E-state index contributed by atoms with van der Waals surface area (Å²) in [5.74, 6) is -0.178. The fraction of sp³-hybridized carbons (Fsp3) is 0.429. The highest BCUT2D eigenvalue weighted by Gasteiger charge is 2.30. The molecule has 1 aliphatic heterocycles. The Bertz CT molecular complexity index is 940. The number of H-pyrrole nitrogens is 1. The predicted molar refractivity (Wildman–Crippen MR) is 113 cm³/mol. The number of aromatic amines is 1. The summed E-state index contributed by atoms with van der Waals surface area (Å²) in [5.41, 5.74) is 0.0943. The molecule has 0 atom stereocenters. The molecule has 2 N–H and O–H groups in total. The van der Waals surface area contributed by atoms with Gasteiger partial charge in [0.2, 0.25) is 0 Å². The average molecular weight is 429 g/mol. The summed E-state index contributed by atoms with van der Waals surface area (Å²) in [7, 11) is 1.56. The van der Waals surface area contributed by atoms with E-state index in [4.69, 9.17) is 9.47 Å². The Kier molecular flexibility index (Phi) is 6.47. The van der Waals surface area contributed by atoms with E-state index < -0.39 is 17.6 Å². The van der Waals surface area contributed by atoms with Crippen LogP contribution in [0.4, 0.5) is 10.5 Å². The smallest absolute Gasteiger partial charge is 0.410 e. The van der Waals surface area contributed by atoms with Gasteiger partial charge in [0.1, 0.15) is 17.0 Å². The van der Waals surface area contributed by atoms with Gasteiger partial charge in [-0.1, -0.05) is 0 Å². The topological polar surface area (TPSA) is 117 Å². The number of nitrogens with one attached hydrogen (secondary N) is 2. The second-order valence-electron chi connectivity index (χ2n) is 8.07. The van der Waals surface area contributed by atoms with Gasteiger partial charge in [-0.05, 0) is 45.0 Å². The lowest BCUT2D eigenvalue weighted by Gasteiger charge is -2.35. The number of imidazole rings is 1. The van der Waals surface area contributed by atoms with Crippen LogP contribution in [0.25, 0.3) is 0 Å². The number of amides is 3. The number of ether oxygens (including phenoxy) is 2. The van der Waals surface area contributed by atoms with Crippen LogP contribution in [0.5, 0.6) is 5.75 Å². The molecule has 1 saturated heterocycles. The highest BCUT2D eigenvalue weighted by molar-refractivity contribution is 6.10. The van der Waals surface area contributed by atoms with Crippen molar-refractivity contribution < 1.29 is 23.9 Å². The fourth-order valence-corrected chi connectivity index (χ4v) is 3.07. The van der Waals surface area contributed by atoms with Gasteiger partial charge < -0.3 is 29.6 Å². The summed E-state index contributed by atoms with van der Waals surface area (Å²) in [5, 5.41) is 2.72. The van der Waals surface area contributed by atoms with Gasteiger partial charge in [-0.2, -0.15) is 0 Å². The Morgan fingerprint density at radius 2 is 1.65 bits per heavy atom. The number of rotatable bonds is 4. The van der Waals surface area contributed by atoms with E-state index >= 15 is 0 Å². The van der Waals surface area contributed by atoms with Gasteiger partial charge in [0, 0.05) is 31.9 Å². The van der Waals surface area contributed by atoms with E-state index in [-0.39, 0.29) is 17.3 Å². The molecule has 0 spiro atoms. The molecule has 1 aliphatic rings. The van der Waals surface area contributed by atoms with Crippen molar-refractivity contribution in [2.75, 3.05) is 38.6 Å². The number of carbonyl (C=O) groups is 3. The van der Waals surface area contributed by atoms with Crippen molar-refractivity contribution in [3.63, 3.8) is 0 Å². The fourth-order valence-electron chi connectivity index (χ4n) is 3.07. The van der Waals surface area contributed by atoms with Crippen molar-refractivity contribution in [1.82, 2.24) is 19.8 Å². The molecule has 1 aromatic heterocycles. The molecule has 166 valence electrons. The second kappa shape index (κ2) is 9.07. The van der Waals surface area contributed by atoms with Crippen molar-refractivity contribution >= 4 is 23.6 Å². The van der Waals surface area contributed by atoms with Crippen molar-refractivity contribution in [2.45, 2.75) is 26.4 Å². The van der Waals surface area contributed by atoms with Crippen LogP contribution in [-0.4, -0.2) is 76.6 Å². The number of nitrogens with zero attached hydrogens (tertiary/aromatic N) is 3. The third-order valence-electron chi connectivity index (χ3n) is 4.63. The minimum absolute atomic E-state index is 0.00962. The standard InChI is InChI=1S/C21H27N5O5/c1-21(2,3)31-20(29)26-11-9-25(10-12-26)19(28)17-16(22-13-23-17)18(27)24-14-5-7-15(30-4)8-6-14/h5-8,13H,9-12H2,1-4H3,(H,22,23)(H,24,27). The Hall–Kier alpha value is -3.56. The van der Waals surface area contributed by atoms with Crippen molar-refractivity contribution in [1.29, 1.82) is 0 Å². The number of aromatic nitrogens is 2. The molecular formula is C21H27N5O5. The summed E-state index contributed by atoms with van der Waals surface area (Å²) in [6, 6.07) is 6.83. The molecule has 0 saturated carbocycles. The Morgan fingerprint density at radius 1 is 1.03 bits per heavy atom. The second-order valence-corrected chi connectivity index (χ2v) is 8.07. The zero-order valence-electron chi connectivity index (χ0n) is 18.1. The van der Waals surface area contributed by atoms with Crippen molar-refractivity contribution in [2.24, 2.45) is 0 Å². The number of benzene rings is 1. The molecule has 2 heterocycles. The molecule has 31 heavy (non-hydrogen) atoms. The first kappa shape index (κ1) is 22.1. The highest BCUT2D eigenvalue weighted by atomic mass is 16.6. The summed E-state index contributed by atoms with van der Waals surface area (Å²) in [6.07, 6.45) is 0.910. The highest BCUT2D eigenvalue weighted by Crippen LogP contribution is 2.18. The van der Waals surface area contributed by atoms with Gasteiger partial charge >= 0.3 is 6.09 Å². The van der Waals surface area contributed by atoms with Gasteiger partial charge in [0.25, 0.3) is 11.8 Å². The van der Waals surface area contributed by atoms with Crippen LogP contribution in [-0.2, 0) is 4.74 Å². The van der Waals surface area contributed by atoms with Crippen LogP contribution in [0.2, 0.25) is 0 Å². The number of piperazine rings is 1. The normalized spacial score (nSPS) is 14.2. The van der Waals surface area contributed by atoms with E-state index in [1.54, 1.807) is 61.9 Å². The van der Waals surface area contributed by atoms with E-state index in [1.807, 2.05) is 0 Å². The van der Waals surface area contributed by atoms with Gasteiger partial charge in [0.15, 0.2) is 5.69 Å². The number of hydrogen-bond donors (Lipinski definition) is 2. The van der Waals surface area contributed by atoms with Gasteiger partial charge in [-0.15, -0.1) is 0 Å². The zero-order valence-corrected chi connectivity index (χ0v) is 18.1. The molecule has 0 aliphatic carbocycles. The molecule has 0 bridgehead atoms. The lowest BCUT2D eigenvalue weighted by atomic mass is 10.2. The molecule has 1 aromatic carbocycles. The van der Waals surface area contributed by atoms with Crippen LogP contribution in [0.3, 0.4) is 0 Å². The number of anilines is 1. The van der Waals surface area contributed by atoms with Crippen molar-refractivity contribution in [3.8, 4) is 5.75 Å². The van der Waals surface area contributed by atoms with Crippen LogP contribution >= 0.6 is 0 Å². The van der Waals surface area contributed by atoms with Gasteiger partial charge in [-0.25, -0.2) is 9.78 Å². The van der Waals surface area contributed by atoms with E-state index in [0.29, 0.717) is 37.6 Å². The van der Waals surface area contributed by atoms with E-state index in [9.17, 15) is 14.4 Å². The molecule has 10 nitrogen and oxygen atoms in total. The summed E-state index contributed by atoms with van der Waals surface area (Å²) < 4.78 is 10.5. The van der Waals surface area contributed by atoms with Gasteiger partial charge in [-0.3, -0.25) is 9.59 Å². The maximum atomic E-state index is 13.0. The molecule has 3 amide bonds. The minimum Gasteiger partial charge on any atom is -0.497 e. The third-order valence-corrected chi connectivity index (χ3v) is 4.63. The predicted octanol–water partition coefficient (Wildman–Crippen LogP) is 2.36. The Balaban J connectivity index is 1.61. The first-order chi connectivity index (χ1) is 14.7. The van der Waals surface area contributed by atoms with E-state index in [2.05, 4.69) is 15.3 Å². The average Bonchev–Trinajstić information content (AvgIpc) is 3.23. The zero-order chi connectivity index (χ0) is 22.6. The lowest BCUT2D eigenvalue weighted by molar-refractivity contribution is 0.0140. The van der Waals surface area contributed by atoms with Crippen LogP contribution in [0.1, 0.15) is 41.7 Å². The maximum Gasteiger partial charge on any atom is 0.410 e. The van der Waals surface area contributed by atoms with E-state index in [1.165, 1.54) is 6.33 Å². The van der Waals surface area contributed by atoms with Crippen LogP contribution in [0.15, 0.2) is 30.6 Å².